The van der Waals surface area contributed by atoms with E-state index in [9.17, 15) is 9.59 Å². The average molecular weight is 317 g/mol. The van der Waals surface area contributed by atoms with Gasteiger partial charge in [-0.25, -0.2) is 4.79 Å². The van der Waals surface area contributed by atoms with Crippen LogP contribution in [-0.4, -0.2) is 46.0 Å². The number of carbonyl (C=O) groups excluding carboxylic acids is 2. The Hall–Kier alpha value is -0.820. The van der Waals surface area contributed by atoms with Crippen molar-refractivity contribution in [1.82, 2.24) is 15.5 Å². The highest BCUT2D eigenvalue weighted by molar-refractivity contribution is 8.23. The Kier molecular flexibility index (Phi) is 7.91. The van der Waals surface area contributed by atoms with E-state index < -0.39 is 6.03 Å². The maximum atomic E-state index is 11.7. The van der Waals surface area contributed by atoms with E-state index in [1.807, 2.05) is 18.7 Å². The first-order chi connectivity index (χ1) is 9.56. The molecule has 0 saturated heterocycles. The lowest BCUT2D eigenvalue weighted by molar-refractivity contribution is -0.117. The number of nitrogens with one attached hydrogen (secondary N) is 2. The van der Waals surface area contributed by atoms with Crippen LogP contribution in [-0.2, 0) is 4.79 Å². The predicted molar refractivity (Wildman–Crippen MR) is 86.9 cm³/mol. The van der Waals surface area contributed by atoms with Crippen molar-refractivity contribution in [3.05, 3.63) is 0 Å². The molecule has 20 heavy (non-hydrogen) atoms. The third-order valence-electron chi connectivity index (χ3n) is 3.29. The van der Waals surface area contributed by atoms with Crippen LogP contribution in [0.3, 0.4) is 0 Å². The molecule has 0 bridgehead atoms. The zero-order valence-electron chi connectivity index (χ0n) is 12.1. The molecule has 1 saturated carbocycles. The Bertz CT molecular complexity index is 354. The SMILES string of the molecule is CCN(CC)C(=S)SCC(=O)NC(=O)NC1CCCC1. The molecule has 5 nitrogen and oxygen atoms in total. The fraction of sp³-hybridized carbons (Fsp3) is 0.769. The lowest BCUT2D eigenvalue weighted by atomic mass is 10.2. The zero-order valence-corrected chi connectivity index (χ0v) is 13.7. The number of thioether (sulfide) groups is 1. The van der Waals surface area contributed by atoms with Gasteiger partial charge in [0.1, 0.15) is 4.32 Å². The maximum Gasteiger partial charge on any atom is 0.321 e. The number of nitrogens with zero attached hydrogens (tertiary/aromatic N) is 1. The standard InChI is InChI=1S/C13H23N3O2S2/c1-3-16(4-2)13(19)20-9-11(17)15-12(18)14-10-7-5-6-8-10/h10H,3-9H2,1-2H3,(H2,14,15,17,18). The number of thiocarbonyl (C=S) groups is 1. The van der Waals surface area contributed by atoms with Gasteiger partial charge in [0, 0.05) is 19.1 Å². The number of hydrogen-bond acceptors (Lipinski definition) is 4. The average Bonchev–Trinajstić information content (AvgIpc) is 2.90. The highest BCUT2D eigenvalue weighted by Crippen LogP contribution is 2.17. The smallest absolute Gasteiger partial charge is 0.321 e. The van der Waals surface area contributed by atoms with Crippen molar-refractivity contribution in [2.45, 2.75) is 45.6 Å². The number of imide groups is 1. The van der Waals surface area contributed by atoms with E-state index in [-0.39, 0.29) is 17.7 Å². The van der Waals surface area contributed by atoms with E-state index in [4.69, 9.17) is 12.2 Å². The predicted octanol–water partition coefficient (Wildman–Crippen LogP) is 2.11. The Morgan fingerprint density at radius 2 is 1.85 bits per heavy atom. The summed E-state index contributed by atoms with van der Waals surface area (Å²) in [5.41, 5.74) is 0. The van der Waals surface area contributed by atoms with E-state index in [2.05, 4.69) is 10.6 Å². The van der Waals surface area contributed by atoms with Crippen molar-refractivity contribution in [2.24, 2.45) is 0 Å². The van der Waals surface area contributed by atoms with Gasteiger partial charge in [-0.2, -0.15) is 0 Å². The first-order valence-corrected chi connectivity index (χ1v) is 8.48. The van der Waals surface area contributed by atoms with E-state index in [0.717, 1.165) is 38.8 Å². The van der Waals surface area contributed by atoms with Gasteiger partial charge >= 0.3 is 6.03 Å². The van der Waals surface area contributed by atoms with Crippen LogP contribution in [0.2, 0.25) is 0 Å². The number of amides is 3. The number of hydrogen-bond donors (Lipinski definition) is 2. The van der Waals surface area contributed by atoms with Gasteiger partial charge in [0.15, 0.2) is 0 Å². The molecule has 1 rings (SSSR count). The van der Waals surface area contributed by atoms with Crippen LogP contribution in [0.1, 0.15) is 39.5 Å². The highest BCUT2D eigenvalue weighted by atomic mass is 32.2. The molecule has 0 aromatic rings. The minimum Gasteiger partial charge on any atom is -0.358 e. The first kappa shape index (κ1) is 17.2. The molecule has 0 aromatic carbocycles. The van der Waals surface area contributed by atoms with Crippen molar-refractivity contribution in [3.8, 4) is 0 Å². The van der Waals surface area contributed by atoms with Gasteiger partial charge in [-0.1, -0.05) is 36.8 Å². The van der Waals surface area contributed by atoms with E-state index in [1.54, 1.807) is 0 Å². The Morgan fingerprint density at radius 3 is 2.40 bits per heavy atom. The summed E-state index contributed by atoms with van der Waals surface area (Å²) in [7, 11) is 0. The topological polar surface area (TPSA) is 61.4 Å². The van der Waals surface area contributed by atoms with Gasteiger partial charge in [0.25, 0.3) is 0 Å². The van der Waals surface area contributed by atoms with Crippen molar-refractivity contribution < 1.29 is 9.59 Å². The van der Waals surface area contributed by atoms with Gasteiger partial charge in [0.05, 0.1) is 5.75 Å². The van der Waals surface area contributed by atoms with E-state index in [1.165, 1.54) is 11.8 Å². The molecule has 0 unspecified atom stereocenters. The highest BCUT2D eigenvalue weighted by Gasteiger charge is 2.18. The summed E-state index contributed by atoms with van der Waals surface area (Å²) in [5, 5.41) is 5.17. The second-order valence-corrected chi connectivity index (χ2v) is 6.34. The molecule has 1 aliphatic rings. The Morgan fingerprint density at radius 1 is 1.25 bits per heavy atom. The fourth-order valence-corrected chi connectivity index (χ4v) is 3.36. The summed E-state index contributed by atoms with van der Waals surface area (Å²) in [6, 6.07) is -0.177. The summed E-state index contributed by atoms with van der Waals surface area (Å²) in [5.74, 6) is -0.132. The summed E-state index contributed by atoms with van der Waals surface area (Å²) in [4.78, 5) is 25.3. The lowest BCUT2D eigenvalue weighted by Gasteiger charge is -2.20. The number of rotatable bonds is 5. The third kappa shape index (κ3) is 6.09. The minimum atomic E-state index is -0.392. The zero-order chi connectivity index (χ0) is 15.0. The molecular weight excluding hydrogens is 294 g/mol. The second kappa shape index (κ2) is 9.18. The number of urea groups is 1. The van der Waals surface area contributed by atoms with E-state index in [0.29, 0.717) is 4.32 Å². The minimum absolute atomic E-state index is 0.174. The van der Waals surface area contributed by atoms with Gasteiger partial charge in [-0.15, -0.1) is 0 Å². The summed E-state index contributed by atoms with van der Waals surface area (Å²) >= 11 is 6.52. The van der Waals surface area contributed by atoms with Crippen LogP contribution < -0.4 is 10.6 Å². The van der Waals surface area contributed by atoms with Crippen LogP contribution in [0.5, 0.6) is 0 Å². The molecule has 2 N–H and O–H groups in total. The van der Waals surface area contributed by atoms with Gasteiger partial charge in [-0.3, -0.25) is 10.1 Å². The second-order valence-electron chi connectivity index (χ2n) is 4.73. The summed E-state index contributed by atoms with van der Waals surface area (Å²) < 4.78 is 0.696. The molecule has 3 amide bonds. The summed E-state index contributed by atoms with van der Waals surface area (Å²) in [6.45, 7) is 5.69. The molecule has 0 atom stereocenters. The lowest BCUT2D eigenvalue weighted by Crippen LogP contribution is -2.44. The van der Waals surface area contributed by atoms with Crippen LogP contribution in [0.25, 0.3) is 0 Å². The molecule has 0 radical (unpaired) electrons. The monoisotopic (exact) mass is 317 g/mol. The van der Waals surface area contributed by atoms with Crippen molar-refractivity contribution >= 4 is 40.2 Å². The quantitative estimate of drug-likeness (QED) is 0.761. The Balaban J connectivity index is 2.22. The fourth-order valence-electron chi connectivity index (χ4n) is 2.15. The van der Waals surface area contributed by atoms with Crippen LogP contribution in [0, 0.1) is 0 Å². The molecule has 0 spiro atoms. The summed E-state index contributed by atoms with van der Waals surface area (Å²) in [6.07, 6.45) is 4.30. The number of carbonyl (C=O) groups is 2. The first-order valence-electron chi connectivity index (χ1n) is 7.08. The van der Waals surface area contributed by atoms with E-state index >= 15 is 0 Å². The van der Waals surface area contributed by atoms with Crippen molar-refractivity contribution in [1.29, 1.82) is 0 Å². The molecule has 7 heteroatoms. The molecule has 114 valence electrons. The van der Waals surface area contributed by atoms with Gasteiger partial charge in [-0.05, 0) is 26.7 Å². The molecule has 1 aliphatic carbocycles. The third-order valence-corrected chi connectivity index (χ3v) is 4.82. The molecule has 1 fully saturated rings. The molecule has 0 aliphatic heterocycles. The largest absolute Gasteiger partial charge is 0.358 e. The molecular formula is C13H23N3O2S2. The normalized spacial score (nSPS) is 14.9. The van der Waals surface area contributed by atoms with Crippen LogP contribution in [0.4, 0.5) is 4.79 Å². The molecule has 0 heterocycles. The van der Waals surface area contributed by atoms with Crippen molar-refractivity contribution in [3.63, 3.8) is 0 Å². The van der Waals surface area contributed by atoms with Gasteiger partial charge in [0.2, 0.25) is 5.91 Å². The Labute approximate surface area is 130 Å². The van der Waals surface area contributed by atoms with Crippen molar-refractivity contribution in [2.75, 3.05) is 18.8 Å². The van der Waals surface area contributed by atoms with Crippen LogP contribution in [0.15, 0.2) is 0 Å². The van der Waals surface area contributed by atoms with Crippen LogP contribution >= 0.6 is 24.0 Å². The maximum absolute atomic E-state index is 11.7. The molecule has 0 aromatic heterocycles. The van der Waals surface area contributed by atoms with Gasteiger partial charge < -0.3 is 10.2 Å².